The van der Waals surface area contributed by atoms with Crippen molar-refractivity contribution >= 4 is 28.7 Å². The van der Waals surface area contributed by atoms with Gasteiger partial charge >= 0.3 is 0 Å². The van der Waals surface area contributed by atoms with Crippen LogP contribution in [0.5, 0.6) is 0 Å². The van der Waals surface area contributed by atoms with Crippen molar-refractivity contribution in [3.05, 3.63) is 84.2 Å². The van der Waals surface area contributed by atoms with E-state index < -0.39 is 5.92 Å². The second-order valence-electron chi connectivity index (χ2n) is 5.84. The lowest BCUT2D eigenvalue weighted by Gasteiger charge is -2.14. The number of aliphatic imine (C=N–C) groups is 1. The average Bonchev–Trinajstić information content (AvgIpc) is 2.96. The van der Waals surface area contributed by atoms with Gasteiger partial charge in [0.05, 0.1) is 11.4 Å². The Hall–Kier alpha value is -3.47. The van der Waals surface area contributed by atoms with Gasteiger partial charge in [-0.1, -0.05) is 36.4 Å². The Balaban J connectivity index is 1.88. The summed E-state index contributed by atoms with van der Waals surface area (Å²) in [4.78, 5) is 21.5. The lowest BCUT2D eigenvalue weighted by molar-refractivity contribution is -0.115. The van der Waals surface area contributed by atoms with E-state index in [0.29, 0.717) is 11.4 Å². The van der Waals surface area contributed by atoms with Crippen LogP contribution < -0.4 is 11.1 Å². The van der Waals surface area contributed by atoms with Crippen LogP contribution in [0, 0.1) is 0 Å². The number of carbonyl (C=O) groups excluding carboxylic acids is 1. The van der Waals surface area contributed by atoms with Crippen molar-refractivity contribution in [3.8, 4) is 0 Å². The Kier molecular flexibility index (Phi) is 3.74. The zero-order valence-electron chi connectivity index (χ0n) is 13.4. The van der Waals surface area contributed by atoms with Crippen molar-refractivity contribution in [1.29, 1.82) is 0 Å². The molecule has 4 rings (SSSR count). The van der Waals surface area contributed by atoms with Crippen LogP contribution in [0.15, 0.2) is 78.0 Å². The maximum absolute atomic E-state index is 12.7. The van der Waals surface area contributed by atoms with Crippen molar-refractivity contribution in [3.63, 3.8) is 0 Å². The van der Waals surface area contributed by atoms with Crippen LogP contribution >= 0.6 is 0 Å². The van der Waals surface area contributed by atoms with Gasteiger partial charge in [-0.05, 0) is 35.4 Å². The number of nitrogen functional groups attached to an aromatic ring is 1. The molecule has 1 unspecified atom stereocenters. The molecule has 0 aliphatic carbocycles. The Morgan fingerprint density at radius 3 is 2.56 bits per heavy atom. The van der Waals surface area contributed by atoms with Crippen molar-refractivity contribution in [2.75, 3.05) is 11.1 Å². The molecular weight excluding hydrogens is 312 g/mol. The zero-order valence-corrected chi connectivity index (χ0v) is 13.4. The molecule has 5 nitrogen and oxygen atoms in total. The molecule has 0 saturated heterocycles. The molecular formula is C20H16N4O. The van der Waals surface area contributed by atoms with Crippen molar-refractivity contribution in [2.24, 2.45) is 4.99 Å². The molecule has 5 heteroatoms. The number of nitrogens with zero attached hydrogens (tertiary/aromatic N) is 2. The number of hydrogen-bond donors (Lipinski definition) is 2. The third-order valence-corrected chi connectivity index (χ3v) is 4.16. The van der Waals surface area contributed by atoms with Gasteiger partial charge in [0, 0.05) is 23.8 Å². The summed E-state index contributed by atoms with van der Waals surface area (Å²) in [5, 5.41) is 2.91. The Morgan fingerprint density at radius 1 is 1.04 bits per heavy atom. The molecule has 0 bridgehead atoms. The maximum atomic E-state index is 12.7. The van der Waals surface area contributed by atoms with Gasteiger partial charge in [-0.15, -0.1) is 0 Å². The summed E-state index contributed by atoms with van der Waals surface area (Å²) in [6.45, 7) is 0. The average molecular weight is 328 g/mol. The first-order chi connectivity index (χ1) is 12.2. The monoisotopic (exact) mass is 328 g/mol. The quantitative estimate of drug-likeness (QED) is 0.570. The first kappa shape index (κ1) is 15.1. The highest BCUT2D eigenvalue weighted by molar-refractivity contribution is 6.24. The molecule has 1 amide bonds. The third kappa shape index (κ3) is 2.87. The molecule has 1 aliphatic rings. The Morgan fingerprint density at radius 2 is 1.80 bits per heavy atom. The van der Waals surface area contributed by atoms with E-state index in [-0.39, 0.29) is 5.91 Å². The molecule has 122 valence electrons. The standard InChI is InChI=1S/C20H16N4O/c21-14-6-7-16-17(12-14)24-20(25)18(16)19(13-4-2-1-3-5-13)23-15-8-10-22-11-9-15/h1-12,18H,21H2,(H,24,25). The molecule has 1 aromatic heterocycles. The highest BCUT2D eigenvalue weighted by Crippen LogP contribution is 2.37. The number of anilines is 2. The van der Waals surface area contributed by atoms with E-state index >= 15 is 0 Å². The Bertz CT molecular complexity index is 952. The fourth-order valence-electron chi connectivity index (χ4n) is 3.01. The van der Waals surface area contributed by atoms with Crippen LogP contribution in [-0.4, -0.2) is 16.6 Å². The number of rotatable bonds is 3. The van der Waals surface area contributed by atoms with Gasteiger partial charge in [0.2, 0.25) is 5.91 Å². The number of amides is 1. The summed E-state index contributed by atoms with van der Waals surface area (Å²) < 4.78 is 0. The fraction of sp³-hybridized carbons (Fsp3) is 0.0500. The molecule has 25 heavy (non-hydrogen) atoms. The summed E-state index contributed by atoms with van der Waals surface area (Å²) in [5.41, 5.74) is 10.5. The summed E-state index contributed by atoms with van der Waals surface area (Å²) in [5.74, 6) is -0.580. The van der Waals surface area contributed by atoms with Crippen molar-refractivity contribution in [2.45, 2.75) is 5.92 Å². The topological polar surface area (TPSA) is 80.4 Å². The number of fused-ring (bicyclic) bond motifs is 1. The van der Waals surface area contributed by atoms with Crippen LogP contribution in [0.3, 0.4) is 0 Å². The molecule has 1 atom stereocenters. The number of aromatic nitrogens is 1. The van der Waals surface area contributed by atoms with Gasteiger partial charge in [-0.2, -0.15) is 0 Å². The molecule has 0 spiro atoms. The second-order valence-corrected chi connectivity index (χ2v) is 5.84. The van der Waals surface area contributed by atoms with Gasteiger partial charge in [-0.25, -0.2) is 0 Å². The van der Waals surface area contributed by atoms with E-state index in [4.69, 9.17) is 10.7 Å². The molecule has 0 radical (unpaired) electrons. The van der Waals surface area contributed by atoms with Gasteiger partial charge in [0.15, 0.2) is 0 Å². The van der Waals surface area contributed by atoms with Gasteiger partial charge in [0.1, 0.15) is 5.92 Å². The minimum Gasteiger partial charge on any atom is -0.399 e. The molecule has 1 aliphatic heterocycles. The lowest BCUT2D eigenvalue weighted by Crippen LogP contribution is -2.21. The smallest absolute Gasteiger partial charge is 0.238 e. The van der Waals surface area contributed by atoms with Gasteiger partial charge in [-0.3, -0.25) is 14.8 Å². The summed E-state index contributed by atoms with van der Waals surface area (Å²) in [7, 11) is 0. The summed E-state index contributed by atoms with van der Waals surface area (Å²) in [6, 6.07) is 18.9. The van der Waals surface area contributed by atoms with E-state index in [1.54, 1.807) is 24.5 Å². The Labute approximate surface area is 145 Å². The predicted molar refractivity (Wildman–Crippen MR) is 99.1 cm³/mol. The number of pyridine rings is 1. The van der Waals surface area contributed by atoms with Crippen LogP contribution in [0.2, 0.25) is 0 Å². The first-order valence-electron chi connectivity index (χ1n) is 7.97. The minimum atomic E-state index is -0.480. The number of hydrogen-bond acceptors (Lipinski definition) is 4. The summed E-state index contributed by atoms with van der Waals surface area (Å²) >= 11 is 0. The largest absolute Gasteiger partial charge is 0.399 e. The van der Waals surface area contributed by atoms with Gasteiger partial charge in [0.25, 0.3) is 0 Å². The maximum Gasteiger partial charge on any atom is 0.238 e. The number of benzene rings is 2. The van der Waals surface area contributed by atoms with Gasteiger partial charge < -0.3 is 11.1 Å². The van der Waals surface area contributed by atoms with E-state index in [1.807, 2.05) is 48.5 Å². The van der Waals surface area contributed by atoms with Crippen molar-refractivity contribution in [1.82, 2.24) is 4.98 Å². The SMILES string of the molecule is Nc1ccc2c(c1)NC(=O)C2C(=Nc1ccncc1)c1ccccc1. The van der Waals surface area contributed by atoms with Crippen molar-refractivity contribution < 1.29 is 4.79 Å². The molecule has 0 saturated carbocycles. The molecule has 3 N–H and O–H groups in total. The summed E-state index contributed by atoms with van der Waals surface area (Å²) in [6.07, 6.45) is 3.37. The lowest BCUT2D eigenvalue weighted by atomic mass is 9.90. The van der Waals surface area contributed by atoms with Crippen LogP contribution in [0.1, 0.15) is 17.0 Å². The van der Waals surface area contributed by atoms with Crippen LogP contribution in [-0.2, 0) is 4.79 Å². The van der Waals surface area contributed by atoms with E-state index in [1.165, 1.54) is 0 Å². The van der Waals surface area contributed by atoms with Crippen LogP contribution in [0.4, 0.5) is 17.1 Å². The van der Waals surface area contributed by atoms with E-state index in [9.17, 15) is 4.79 Å². The fourth-order valence-corrected chi connectivity index (χ4v) is 3.01. The molecule has 2 heterocycles. The van der Waals surface area contributed by atoms with E-state index in [0.717, 1.165) is 22.5 Å². The third-order valence-electron chi connectivity index (χ3n) is 4.16. The minimum absolute atomic E-state index is 0.0998. The molecule has 0 fully saturated rings. The normalized spacial score (nSPS) is 16.4. The van der Waals surface area contributed by atoms with Crippen LogP contribution in [0.25, 0.3) is 0 Å². The first-order valence-corrected chi connectivity index (χ1v) is 7.97. The number of nitrogens with two attached hydrogens (primary N) is 1. The zero-order chi connectivity index (χ0) is 17.2. The highest BCUT2D eigenvalue weighted by Gasteiger charge is 2.35. The molecule has 2 aromatic carbocycles. The molecule has 3 aromatic rings. The number of nitrogens with one attached hydrogen (secondary N) is 1. The second kappa shape index (κ2) is 6.20. The highest BCUT2D eigenvalue weighted by atomic mass is 16.2. The number of carbonyl (C=O) groups is 1. The van der Waals surface area contributed by atoms with E-state index in [2.05, 4.69) is 10.3 Å². The predicted octanol–water partition coefficient (Wildman–Crippen LogP) is 3.52.